The Balaban J connectivity index is 2.71. The van der Waals surface area contributed by atoms with Crippen molar-refractivity contribution in [2.75, 3.05) is 13.1 Å². The zero-order valence-corrected chi connectivity index (χ0v) is 7.24. The summed E-state index contributed by atoms with van der Waals surface area (Å²) in [5.41, 5.74) is -0.144. The highest BCUT2D eigenvalue weighted by molar-refractivity contribution is 5.37. The molecule has 14 heavy (non-hydrogen) atoms. The van der Waals surface area contributed by atoms with Crippen molar-refractivity contribution < 1.29 is 8.78 Å². The predicted molar refractivity (Wildman–Crippen MR) is 47.2 cm³/mol. The van der Waals surface area contributed by atoms with Crippen LogP contribution in [0.15, 0.2) is 28.4 Å². The molecule has 3 nitrogen and oxygen atoms in total. The highest BCUT2D eigenvalue weighted by atomic mass is 19.1. The molecule has 0 aliphatic rings. The minimum atomic E-state index is -0.627. The van der Waals surface area contributed by atoms with Gasteiger partial charge in [0, 0.05) is 6.07 Å². The van der Waals surface area contributed by atoms with Crippen LogP contribution in [0.1, 0.15) is 0 Å². The van der Waals surface area contributed by atoms with Crippen LogP contribution in [0.25, 0.3) is 4.85 Å². The Morgan fingerprint density at radius 3 is 2.86 bits per heavy atom. The molecule has 0 aliphatic carbocycles. The Bertz CT molecular complexity index is 382. The SMILES string of the molecule is [C-]#[N+]CCN=Nc1cc(F)ccc1F. The highest BCUT2D eigenvalue weighted by Crippen LogP contribution is 2.18. The lowest BCUT2D eigenvalue weighted by Crippen LogP contribution is -1.82. The van der Waals surface area contributed by atoms with Gasteiger partial charge in [0.2, 0.25) is 6.54 Å². The van der Waals surface area contributed by atoms with E-state index in [1.165, 1.54) is 0 Å². The van der Waals surface area contributed by atoms with E-state index in [0.29, 0.717) is 0 Å². The van der Waals surface area contributed by atoms with Crippen molar-refractivity contribution >= 4 is 5.69 Å². The zero-order chi connectivity index (χ0) is 10.4. The fourth-order valence-electron chi connectivity index (χ4n) is 0.783. The molecule has 0 aliphatic heterocycles. The van der Waals surface area contributed by atoms with Gasteiger partial charge in [0.25, 0.3) is 0 Å². The Morgan fingerprint density at radius 2 is 2.14 bits per heavy atom. The molecule has 1 aromatic rings. The van der Waals surface area contributed by atoms with Crippen LogP contribution in [-0.4, -0.2) is 13.1 Å². The summed E-state index contributed by atoms with van der Waals surface area (Å²) < 4.78 is 25.5. The second kappa shape index (κ2) is 5.02. The fourth-order valence-corrected chi connectivity index (χ4v) is 0.783. The van der Waals surface area contributed by atoms with E-state index in [4.69, 9.17) is 6.57 Å². The molecule has 0 unspecified atom stereocenters. The van der Waals surface area contributed by atoms with Gasteiger partial charge in [-0.05, 0) is 12.1 Å². The van der Waals surface area contributed by atoms with E-state index in [-0.39, 0.29) is 18.8 Å². The maximum atomic E-state index is 12.9. The maximum absolute atomic E-state index is 12.9. The maximum Gasteiger partial charge on any atom is 0.235 e. The van der Waals surface area contributed by atoms with Crippen LogP contribution < -0.4 is 0 Å². The minimum absolute atomic E-state index is 0.144. The van der Waals surface area contributed by atoms with Crippen molar-refractivity contribution in [3.63, 3.8) is 0 Å². The first-order chi connectivity index (χ1) is 6.74. The lowest BCUT2D eigenvalue weighted by molar-refractivity contribution is 0.600. The number of hydrogen-bond donors (Lipinski definition) is 0. The average Bonchev–Trinajstić information content (AvgIpc) is 2.18. The van der Waals surface area contributed by atoms with Gasteiger partial charge < -0.3 is 4.85 Å². The Morgan fingerprint density at radius 1 is 1.36 bits per heavy atom. The highest BCUT2D eigenvalue weighted by Gasteiger charge is 2.01. The third kappa shape index (κ3) is 2.90. The molecular weight excluding hydrogens is 188 g/mol. The second-order valence-electron chi connectivity index (χ2n) is 2.44. The Labute approximate surface area is 79.9 Å². The van der Waals surface area contributed by atoms with Gasteiger partial charge in [-0.1, -0.05) is 0 Å². The van der Waals surface area contributed by atoms with Crippen molar-refractivity contribution in [1.29, 1.82) is 0 Å². The summed E-state index contributed by atoms with van der Waals surface area (Å²) in [6.45, 7) is 6.84. The number of benzene rings is 1. The van der Waals surface area contributed by atoms with Crippen LogP contribution in [0, 0.1) is 18.2 Å². The smallest absolute Gasteiger partial charge is 0.235 e. The normalized spacial score (nSPS) is 10.4. The molecule has 0 fully saturated rings. The molecule has 0 saturated heterocycles. The van der Waals surface area contributed by atoms with Crippen LogP contribution in [0.3, 0.4) is 0 Å². The number of rotatable bonds is 3. The standard InChI is InChI=1S/C9H7F2N3/c1-12-4-5-13-14-9-6-7(10)2-3-8(9)11/h2-3,6H,4-5H2. The van der Waals surface area contributed by atoms with E-state index >= 15 is 0 Å². The van der Waals surface area contributed by atoms with Gasteiger partial charge in [-0.3, -0.25) is 0 Å². The molecule has 1 aromatic carbocycles. The van der Waals surface area contributed by atoms with Gasteiger partial charge in [0.05, 0.1) is 0 Å². The van der Waals surface area contributed by atoms with Gasteiger partial charge >= 0.3 is 0 Å². The van der Waals surface area contributed by atoms with Crippen molar-refractivity contribution in [2.45, 2.75) is 0 Å². The van der Waals surface area contributed by atoms with Gasteiger partial charge in [-0.2, -0.15) is 10.2 Å². The van der Waals surface area contributed by atoms with Gasteiger partial charge in [0.15, 0.2) is 5.82 Å². The molecular formula is C9H7F2N3. The van der Waals surface area contributed by atoms with Crippen LogP contribution in [0.4, 0.5) is 14.5 Å². The third-order valence-corrected chi connectivity index (χ3v) is 1.40. The summed E-state index contributed by atoms with van der Waals surface area (Å²) in [5.74, 6) is -1.19. The van der Waals surface area contributed by atoms with E-state index in [9.17, 15) is 8.78 Å². The minimum Gasteiger partial charge on any atom is -0.315 e. The summed E-state index contributed by atoms with van der Waals surface area (Å²) in [4.78, 5) is 3.04. The lowest BCUT2D eigenvalue weighted by Gasteiger charge is -1.94. The Kier molecular flexibility index (Phi) is 3.68. The first-order valence-electron chi connectivity index (χ1n) is 3.90. The quantitative estimate of drug-likeness (QED) is 0.403. The molecule has 0 N–H and O–H groups in total. The average molecular weight is 195 g/mol. The first-order valence-corrected chi connectivity index (χ1v) is 3.90. The van der Waals surface area contributed by atoms with E-state index in [1.54, 1.807) is 0 Å². The number of hydrogen-bond acceptors (Lipinski definition) is 2. The number of nitrogens with zero attached hydrogens (tertiary/aromatic N) is 3. The summed E-state index contributed by atoms with van der Waals surface area (Å²) >= 11 is 0. The Hall–Kier alpha value is -1.83. The molecule has 0 bridgehead atoms. The van der Waals surface area contributed by atoms with Crippen molar-refractivity contribution in [1.82, 2.24) is 0 Å². The third-order valence-electron chi connectivity index (χ3n) is 1.40. The van der Waals surface area contributed by atoms with Crippen LogP contribution in [0.2, 0.25) is 0 Å². The van der Waals surface area contributed by atoms with Crippen molar-refractivity contribution in [3.8, 4) is 0 Å². The molecule has 0 amide bonds. The number of halogens is 2. The van der Waals surface area contributed by atoms with Crippen molar-refractivity contribution in [3.05, 3.63) is 41.3 Å². The van der Waals surface area contributed by atoms with E-state index in [1.807, 2.05) is 0 Å². The largest absolute Gasteiger partial charge is 0.315 e. The van der Waals surface area contributed by atoms with Gasteiger partial charge in [-0.25, -0.2) is 15.4 Å². The second-order valence-corrected chi connectivity index (χ2v) is 2.44. The summed E-state index contributed by atoms with van der Waals surface area (Å²) in [6, 6.07) is 2.95. The molecule has 0 spiro atoms. The van der Waals surface area contributed by atoms with Crippen LogP contribution in [-0.2, 0) is 0 Å². The van der Waals surface area contributed by atoms with E-state index in [0.717, 1.165) is 18.2 Å². The molecule has 0 heterocycles. The molecule has 0 radical (unpaired) electrons. The first kappa shape index (κ1) is 10.3. The van der Waals surface area contributed by atoms with E-state index < -0.39 is 11.6 Å². The monoisotopic (exact) mass is 195 g/mol. The molecule has 0 saturated carbocycles. The molecule has 72 valence electrons. The molecule has 5 heteroatoms. The lowest BCUT2D eigenvalue weighted by atomic mass is 10.3. The summed E-state index contributed by atoms with van der Waals surface area (Å²) in [6.07, 6.45) is 0. The molecule has 0 aromatic heterocycles. The van der Waals surface area contributed by atoms with Gasteiger partial charge in [0.1, 0.15) is 18.0 Å². The zero-order valence-electron chi connectivity index (χ0n) is 7.24. The van der Waals surface area contributed by atoms with E-state index in [2.05, 4.69) is 15.1 Å². The fraction of sp³-hybridized carbons (Fsp3) is 0.222. The van der Waals surface area contributed by atoms with Crippen LogP contribution >= 0.6 is 0 Å². The molecule has 0 atom stereocenters. The predicted octanol–water partition coefficient (Wildman–Crippen LogP) is 2.97. The van der Waals surface area contributed by atoms with Crippen LogP contribution in [0.5, 0.6) is 0 Å². The summed E-state index contributed by atoms with van der Waals surface area (Å²) in [7, 11) is 0. The summed E-state index contributed by atoms with van der Waals surface area (Å²) in [5, 5.41) is 7.01. The topological polar surface area (TPSA) is 29.1 Å². The molecule has 1 rings (SSSR count). The number of azo groups is 1. The van der Waals surface area contributed by atoms with Crippen molar-refractivity contribution in [2.24, 2.45) is 10.2 Å². The van der Waals surface area contributed by atoms with Gasteiger partial charge in [-0.15, -0.1) is 0 Å².